The van der Waals surface area contributed by atoms with Crippen molar-refractivity contribution in [2.75, 3.05) is 0 Å². The molecule has 3 aromatic rings. The van der Waals surface area contributed by atoms with Gasteiger partial charge in [-0.15, -0.1) is 0 Å². The van der Waals surface area contributed by atoms with Crippen molar-refractivity contribution in [3.05, 3.63) is 81.0 Å². The van der Waals surface area contributed by atoms with Crippen molar-refractivity contribution in [2.45, 2.75) is 25.4 Å². The maximum absolute atomic E-state index is 12.5. The number of carboxylic acid groups (broad SMARTS) is 1. The molecule has 144 valence electrons. The number of nitrogens with one attached hydrogen (secondary N) is 2. The van der Waals surface area contributed by atoms with Gasteiger partial charge in [0.2, 0.25) is 5.91 Å². The van der Waals surface area contributed by atoms with E-state index in [2.05, 4.69) is 10.3 Å². The number of H-pyrrole nitrogens is 1. The Morgan fingerprint density at radius 1 is 1.04 bits per heavy atom. The van der Waals surface area contributed by atoms with Gasteiger partial charge >= 0.3 is 11.7 Å². The van der Waals surface area contributed by atoms with Crippen molar-refractivity contribution in [3.63, 3.8) is 0 Å². The number of benzene rings is 2. The molecule has 0 saturated carbocycles. The van der Waals surface area contributed by atoms with E-state index in [1.165, 1.54) is 0 Å². The van der Waals surface area contributed by atoms with Gasteiger partial charge in [-0.05, 0) is 17.7 Å². The van der Waals surface area contributed by atoms with E-state index in [0.717, 1.165) is 10.1 Å². The van der Waals surface area contributed by atoms with Crippen LogP contribution in [0.1, 0.15) is 12.0 Å². The van der Waals surface area contributed by atoms with E-state index in [0.29, 0.717) is 10.9 Å². The molecule has 3 rings (SSSR count). The zero-order valence-corrected chi connectivity index (χ0v) is 14.9. The number of para-hydroxylation sites is 1. The summed E-state index contributed by atoms with van der Waals surface area (Å²) in [6, 6.07) is 14.4. The molecule has 0 unspecified atom stereocenters. The molecule has 0 saturated heterocycles. The highest BCUT2D eigenvalue weighted by atomic mass is 16.4. The third kappa shape index (κ3) is 4.35. The quantitative estimate of drug-likeness (QED) is 0.561. The summed E-state index contributed by atoms with van der Waals surface area (Å²) >= 11 is 0. The number of nitrogens with zero attached hydrogens (tertiary/aromatic N) is 1. The molecule has 1 heterocycles. The van der Waals surface area contributed by atoms with Crippen molar-refractivity contribution < 1.29 is 14.7 Å². The molecule has 1 atom stereocenters. The van der Waals surface area contributed by atoms with Crippen molar-refractivity contribution in [1.82, 2.24) is 14.9 Å². The second-order valence-electron chi connectivity index (χ2n) is 6.33. The number of carboxylic acids is 1. The smallest absolute Gasteiger partial charge is 0.328 e. The predicted octanol–water partition coefficient (Wildman–Crippen LogP) is 0.892. The molecule has 0 aliphatic heterocycles. The van der Waals surface area contributed by atoms with Crippen molar-refractivity contribution in [1.29, 1.82) is 0 Å². The average Bonchev–Trinajstić information content (AvgIpc) is 2.68. The first-order valence-electron chi connectivity index (χ1n) is 8.73. The van der Waals surface area contributed by atoms with E-state index in [9.17, 15) is 24.3 Å². The van der Waals surface area contributed by atoms with E-state index in [4.69, 9.17) is 0 Å². The van der Waals surface area contributed by atoms with Crippen LogP contribution in [0.3, 0.4) is 0 Å². The number of carbonyl (C=O) groups is 2. The Bertz CT molecular complexity index is 1120. The Morgan fingerprint density at radius 2 is 1.71 bits per heavy atom. The zero-order valence-electron chi connectivity index (χ0n) is 14.9. The number of fused-ring (bicyclic) bond motifs is 1. The molecular formula is C20H19N3O5. The van der Waals surface area contributed by atoms with Crippen LogP contribution in [0.25, 0.3) is 10.9 Å². The monoisotopic (exact) mass is 381 g/mol. The molecule has 2 aromatic carbocycles. The minimum Gasteiger partial charge on any atom is -0.480 e. The third-order valence-electron chi connectivity index (χ3n) is 4.37. The lowest BCUT2D eigenvalue weighted by molar-refractivity contribution is -0.141. The minimum atomic E-state index is -1.15. The van der Waals surface area contributed by atoms with E-state index in [1.807, 2.05) is 6.07 Å². The molecule has 1 amide bonds. The molecule has 0 aliphatic carbocycles. The van der Waals surface area contributed by atoms with E-state index in [1.54, 1.807) is 48.5 Å². The van der Waals surface area contributed by atoms with E-state index < -0.39 is 29.2 Å². The normalized spacial score (nSPS) is 11.9. The molecule has 0 bridgehead atoms. The molecule has 8 heteroatoms. The molecule has 1 aromatic heterocycles. The van der Waals surface area contributed by atoms with Gasteiger partial charge in [0, 0.05) is 19.4 Å². The van der Waals surface area contributed by atoms with Gasteiger partial charge in [-0.2, -0.15) is 0 Å². The van der Waals surface area contributed by atoms with Gasteiger partial charge in [-0.3, -0.25) is 14.2 Å². The van der Waals surface area contributed by atoms with Crippen LogP contribution in [0.4, 0.5) is 0 Å². The summed E-state index contributed by atoms with van der Waals surface area (Å²) in [4.78, 5) is 50.8. The molecule has 28 heavy (non-hydrogen) atoms. The van der Waals surface area contributed by atoms with Gasteiger partial charge in [0.05, 0.1) is 10.9 Å². The molecule has 0 aliphatic rings. The molecule has 3 N–H and O–H groups in total. The van der Waals surface area contributed by atoms with Crippen LogP contribution in [-0.4, -0.2) is 32.6 Å². The zero-order chi connectivity index (χ0) is 20.1. The van der Waals surface area contributed by atoms with Crippen molar-refractivity contribution in [3.8, 4) is 0 Å². The maximum atomic E-state index is 12.5. The number of carbonyl (C=O) groups excluding carboxylic acids is 1. The standard InChI is InChI=1S/C20H19N3O5/c24-17(21-16(19(26)27)12-13-6-2-1-3-7-13)10-11-23-18(25)14-8-4-5-9-15(14)22-20(23)28/h1-9,16H,10-12H2,(H,21,24)(H,22,28)(H,26,27)/t16-/m1/s1. The Morgan fingerprint density at radius 3 is 2.43 bits per heavy atom. The summed E-state index contributed by atoms with van der Waals surface area (Å²) < 4.78 is 0.939. The number of rotatable bonds is 7. The number of amides is 1. The predicted molar refractivity (Wildman–Crippen MR) is 103 cm³/mol. The first-order valence-corrected chi connectivity index (χ1v) is 8.73. The average molecular weight is 381 g/mol. The van der Waals surface area contributed by atoms with Crippen LogP contribution in [-0.2, 0) is 22.6 Å². The SMILES string of the molecule is O=C(CCn1c(=O)[nH]c2ccccc2c1=O)N[C@H](Cc1ccccc1)C(=O)O. The topological polar surface area (TPSA) is 121 Å². The number of aliphatic carboxylic acids is 1. The minimum absolute atomic E-state index is 0.137. The number of aromatic nitrogens is 2. The Kier molecular flexibility index (Phi) is 5.69. The van der Waals surface area contributed by atoms with Crippen LogP contribution in [0.2, 0.25) is 0 Å². The molecular weight excluding hydrogens is 362 g/mol. The second kappa shape index (κ2) is 8.34. The maximum Gasteiger partial charge on any atom is 0.328 e. The highest BCUT2D eigenvalue weighted by Gasteiger charge is 2.20. The Labute approximate surface area is 159 Å². The Balaban J connectivity index is 1.69. The molecule has 8 nitrogen and oxygen atoms in total. The summed E-state index contributed by atoms with van der Waals surface area (Å²) in [6.45, 7) is -0.150. The summed E-state index contributed by atoms with van der Waals surface area (Å²) in [6.07, 6.45) is -0.0572. The Hall–Kier alpha value is -3.68. The fraction of sp³-hybridized carbons (Fsp3) is 0.200. The van der Waals surface area contributed by atoms with Gasteiger partial charge in [0.1, 0.15) is 6.04 Å². The van der Waals surface area contributed by atoms with E-state index in [-0.39, 0.29) is 19.4 Å². The largest absolute Gasteiger partial charge is 0.480 e. The number of hydrogen-bond donors (Lipinski definition) is 3. The van der Waals surface area contributed by atoms with Crippen molar-refractivity contribution in [2.24, 2.45) is 0 Å². The number of aromatic amines is 1. The number of hydrogen-bond acceptors (Lipinski definition) is 4. The van der Waals surface area contributed by atoms with Gasteiger partial charge < -0.3 is 15.4 Å². The van der Waals surface area contributed by atoms with Crippen LogP contribution >= 0.6 is 0 Å². The van der Waals surface area contributed by atoms with Crippen LogP contribution in [0.5, 0.6) is 0 Å². The highest BCUT2D eigenvalue weighted by Crippen LogP contribution is 2.05. The lowest BCUT2D eigenvalue weighted by atomic mass is 10.1. The molecule has 0 spiro atoms. The lowest BCUT2D eigenvalue weighted by Crippen LogP contribution is -2.43. The second-order valence-corrected chi connectivity index (χ2v) is 6.33. The van der Waals surface area contributed by atoms with Crippen LogP contribution < -0.4 is 16.6 Å². The fourth-order valence-corrected chi connectivity index (χ4v) is 2.93. The fourth-order valence-electron chi connectivity index (χ4n) is 2.93. The van der Waals surface area contributed by atoms with Gasteiger partial charge in [-0.25, -0.2) is 9.59 Å². The van der Waals surface area contributed by atoms with Gasteiger partial charge in [0.15, 0.2) is 0 Å². The lowest BCUT2D eigenvalue weighted by Gasteiger charge is -2.15. The van der Waals surface area contributed by atoms with Gasteiger partial charge in [-0.1, -0.05) is 42.5 Å². The summed E-state index contributed by atoms with van der Waals surface area (Å²) in [7, 11) is 0. The summed E-state index contributed by atoms with van der Waals surface area (Å²) in [5.41, 5.74) is 0.0891. The first kappa shape index (κ1) is 19.1. The van der Waals surface area contributed by atoms with E-state index >= 15 is 0 Å². The third-order valence-corrected chi connectivity index (χ3v) is 4.37. The molecule has 0 radical (unpaired) electrons. The highest BCUT2D eigenvalue weighted by molar-refractivity contribution is 5.83. The summed E-state index contributed by atoms with van der Waals surface area (Å²) in [5, 5.41) is 12.1. The van der Waals surface area contributed by atoms with Gasteiger partial charge in [0.25, 0.3) is 5.56 Å². The van der Waals surface area contributed by atoms with Crippen molar-refractivity contribution >= 4 is 22.8 Å². The summed E-state index contributed by atoms with van der Waals surface area (Å²) in [5.74, 6) is -1.71. The van der Waals surface area contributed by atoms with Crippen LogP contribution in [0.15, 0.2) is 64.2 Å². The molecule has 0 fully saturated rings. The first-order chi connectivity index (χ1) is 13.5. The van der Waals surface area contributed by atoms with Crippen LogP contribution in [0, 0.1) is 0 Å².